The van der Waals surface area contributed by atoms with E-state index in [0.29, 0.717) is 0 Å². The zero-order valence-corrected chi connectivity index (χ0v) is 10.4. The molecule has 1 saturated heterocycles. The van der Waals surface area contributed by atoms with Crippen molar-refractivity contribution >= 4 is 29.0 Å². The van der Waals surface area contributed by atoms with Gasteiger partial charge in [-0.2, -0.15) is 0 Å². The summed E-state index contributed by atoms with van der Waals surface area (Å²) in [7, 11) is 0. The molecule has 3 unspecified atom stereocenters. The monoisotopic (exact) mass is 268 g/mol. The van der Waals surface area contributed by atoms with Gasteiger partial charge in [-0.3, -0.25) is 4.79 Å². The third-order valence-corrected chi connectivity index (χ3v) is 4.04. The van der Waals surface area contributed by atoms with Gasteiger partial charge in [0.1, 0.15) is 6.10 Å². The normalized spacial score (nSPS) is 34.0. The van der Waals surface area contributed by atoms with Gasteiger partial charge < -0.3 is 4.74 Å². The summed E-state index contributed by atoms with van der Waals surface area (Å²) in [6.45, 7) is 0. The number of ketones is 1. The molecule has 0 aromatic heterocycles. The summed E-state index contributed by atoms with van der Waals surface area (Å²) in [6.07, 6.45) is 2.86. The van der Waals surface area contributed by atoms with Gasteiger partial charge in [0, 0.05) is 0 Å². The number of halogens is 2. The largest absolute Gasteiger partial charge is 0.362 e. The highest BCUT2D eigenvalue weighted by molar-refractivity contribution is 6.59. The third kappa shape index (κ3) is 1.63. The van der Waals surface area contributed by atoms with Crippen LogP contribution in [0.2, 0.25) is 0 Å². The number of hydrogen-bond donors (Lipinski definition) is 0. The molecule has 0 amide bonds. The van der Waals surface area contributed by atoms with Gasteiger partial charge in [-0.25, -0.2) is 0 Å². The van der Waals surface area contributed by atoms with Crippen molar-refractivity contribution in [2.75, 3.05) is 0 Å². The van der Waals surface area contributed by atoms with Crippen LogP contribution in [0.3, 0.4) is 0 Å². The Morgan fingerprint density at radius 1 is 1.12 bits per heavy atom. The average Bonchev–Trinajstić information content (AvgIpc) is 2.77. The summed E-state index contributed by atoms with van der Waals surface area (Å²) in [5.74, 6) is -0.598. The van der Waals surface area contributed by atoms with Crippen LogP contribution in [0.5, 0.6) is 0 Å². The number of alkyl halides is 2. The van der Waals surface area contributed by atoms with Gasteiger partial charge in [-0.1, -0.05) is 65.7 Å². The Hall–Kier alpha value is -0.830. The molecular formula is C13H10Cl2O2. The van der Waals surface area contributed by atoms with E-state index in [-0.39, 0.29) is 11.9 Å². The molecule has 0 N–H and O–H groups in total. The van der Waals surface area contributed by atoms with Crippen LogP contribution in [-0.2, 0) is 9.53 Å². The maximum absolute atomic E-state index is 12.3. The van der Waals surface area contributed by atoms with Crippen molar-refractivity contribution in [1.29, 1.82) is 0 Å². The summed E-state index contributed by atoms with van der Waals surface area (Å²) in [5, 5.41) is 0. The smallest absolute Gasteiger partial charge is 0.205 e. The number of Topliss-reactive ketones (excluding diaryl/α,β-unsaturated/α-hetero) is 1. The van der Waals surface area contributed by atoms with E-state index in [1.165, 1.54) is 0 Å². The zero-order valence-electron chi connectivity index (χ0n) is 8.85. The SMILES string of the molecule is O=C1C(c2ccccc2)C2C=CC(O2)C1(Cl)Cl. The van der Waals surface area contributed by atoms with Gasteiger partial charge in [0.2, 0.25) is 4.33 Å². The number of rotatable bonds is 1. The number of ether oxygens (including phenoxy) is 1. The van der Waals surface area contributed by atoms with Crippen molar-refractivity contribution in [3.8, 4) is 0 Å². The highest BCUT2D eigenvalue weighted by Gasteiger charge is 2.55. The van der Waals surface area contributed by atoms with Crippen LogP contribution in [-0.4, -0.2) is 22.3 Å². The summed E-state index contributed by atoms with van der Waals surface area (Å²) < 4.78 is 4.17. The zero-order chi connectivity index (χ0) is 12.0. The van der Waals surface area contributed by atoms with E-state index in [1.54, 1.807) is 6.08 Å². The third-order valence-electron chi connectivity index (χ3n) is 3.23. The number of fused-ring (bicyclic) bond motifs is 2. The second-order valence-corrected chi connectivity index (χ2v) is 5.67. The summed E-state index contributed by atoms with van der Waals surface area (Å²) in [5.41, 5.74) is 0.887. The Balaban J connectivity index is 2.05. The molecule has 0 radical (unpaired) electrons. The Morgan fingerprint density at radius 2 is 1.82 bits per heavy atom. The van der Waals surface area contributed by atoms with Crippen LogP contribution >= 0.6 is 23.2 Å². The molecule has 88 valence electrons. The van der Waals surface area contributed by atoms with Gasteiger partial charge in [0.05, 0.1) is 12.0 Å². The summed E-state index contributed by atoms with van der Waals surface area (Å²) in [6, 6.07) is 9.46. The molecule has 17 heavy (non-hydrogen) atoms. The number of carbonyl (C=O) groups is 1. The van der Waals surface area contributed by atoms with E-state index >= 15 is 0 Å². The van der Waals surface area contributed by atoms with Crippen molar-refractivity contribution in [2.45, 2.75) is 22.5 Å². The molecule has 3 rings (SSSR count). The van der Waals surface area contributed by atoms with E-state index in [0.717, 1.165) is 5.56 Å². The first-order chi connectivity index (χ1) is 8.10. The van der Waals surface area contributed by atoms with Gasteiger partial charge in [-0.15, -0.1) is 0 Å². The van der Waals surface area contributed by atoms with Gasteiger partial charge in [-0.05, 0) is 5.56 Å². The van der Waals surface area contributed by atoms with Gasteiger partial charge in [0.15, 0.2) is 5.78 Å². The average molecular weight is 269 g/mol. The van der Waals surface area contributed by atoms with Crippen LogP contribution in [0.15, 0.2) is 42.5 Å². The molecule has 2 aliphatic heterocycles. The van der Waals surface area contributed by atoms with Crippen LogP contribution in [0.25, 0.3) is 0 Å². The quantitative estimate of drug-likeness (QED) is 0.579. The predicted molar refractivity (Wildman–Crippen MR) is 66.4 cm³/mol. The molecule has 2 aliphatic rings. The fourth-order valence-corrected chi connectivity index (χ4v) is 2.85. The molecule has 2 nitrogen and oxygen atoms in total. The van der Waals surface area contributed by atoms with Gasteiger partial charge in [0.25, 0.3) is 0 Å². The van der Waals surface area contributed by atoms with Crippen LogP contribution in [0.1, 0.15) is 11.5 Å². The molecule has 1 fully saturated rings. The van der Waals surface area contributed by atoms with E-state index < -0.39 is 16.4 Å². The molecular weight excluding hydrogens is 259 g/mol. The van der Waals surface area contributed by atoms with E-state index in [4.69, 9.17) is 27.9 Å². The fraction of sp³-hybridized carbons (Fsp3) is 0.308. The van der Waals surface area contributed by atoms with Crippen LogP contribution in [0.4, 0.5) is 0 Å². The molecule has 2 bridgehead atoms. The minimum absolute atomic E-state index is 0.182. The lowest BCUT2D eigenvalue weighted by Gasteiger charge is -2.36. The summed E-state index contributed by atoms with van der Waals surface area (Å²) >= 11 is 12.2. The molecule has 0 saturated carbocycles. The van der Waals surface area contributed by atoms with Crippen molar-refractivity contribution in [2.24, 2.45) is 0 Å². The van der Waals surface area contributed by atoms with Crippen LogP contribution < -0.4 is 0 Å². The van der Waals surface area contributed by atoms with E-state index in [2.05, 4.69) is 0 Å². The maximum atomic E-state index is 12.3. The maximum Gasteiger partial charge on any atom is 0.205 e. The Labute approximate surface area is 109 Å². The molecule has 3 atom stereocenters. The van der Waals surface area contributed by atoms with Crippen LogP contribution in [0, 0.1) is 0 Å². The van der Waals surface area contributed by atoms with Crippen molar-refractivity contribution in [3.63, 3.8) is 0 Å². The first-order valence-corrected chi connectivity index (χ1v) is 6.17. The molecule has 2 heterocycles. The lowest BCUT2D eigenvalue weighted by Crippen LogP contribution is -2.49. The van der Waals surface area contributed by atoms with Crippen molar-refractivity contribution in [3.05, 3.63) is 48.0 Å². The lowest BCUT2D eigenvalue weighted by molar-refractivity contribution is -0.132. The Kier molecular flexibility index (Phi) is 2.54. The highest BCUT2D eigenvalue weighted by Crippen LogP contribution is 2.46. The minimum atomic E-state index is -1.48. The predicted octanol–water partition coefficient (Wildman–Crippen LogP) is 2.85. The number of carbonyl (C=O) groups excluding carboxylic acids is 1. The molecule has 0 aliphatic carbocycles. The second-order valence-electron chi connectivity index (χ2n) is 4.28. The standard InChI is InChI=1S/C13H10Cl2O2/c14-13(15)10-7-6-9(17-10)11(12(13)16)8-4-2-1-3-5-8/h1-7,9-11H. The van der Waals surface area contributed by atoms with Gasteiger partial charge >= 0.3 is 0 Å². The highest BCUT2D eigenvalue weighted by atomic mass is 35.5. The Bertz CT molecular complexity index is 481. The Morgan fingerprint density at radius 3 is 2.53 bits per heavy atom. The topological polar surface area (TPSA) is 26.3 Å². The minimum Gasteiger partial charge on any atom is -0.362 e. The summed E-state index contributed by atoms with van der Waals surface area (Å²) in [4.78, 5) is 12.3. The first kappa shape index (κ1) is 11.3. The molecule has 4 heteroatoms. The van der Waals surface area contributed by atoms with E-state index in [1.807, 2.05) is 36.4 Å². The molecule has 1 aromatic carbocycles. The van der Waals surface area contributed by atoms with Crippen molar-refractivity contribution in [1.82, 2.24) is 0 Å². The van der Waals surface area contributed by atoms with Crippen molar-refractivity contribution < 1.29 is 9.53 Å². The first-order valence-electron chi connectivity index (χ1n) is 5.41. The molecule has 0 spiro atoms. The second kappa shape index (κ2) is 3.84. The van der Waals surface area contributed by atoms with E-state index in [9.17, 15) is 4.79 Å². The molecule has 1 aromatic rings. The fourth-order valence-electron chi connectivity index (χ4n) is 2.36. The lowest BCUT2D eigenvalue weighted by atomic mass is 9.86. The number of hydrogen-bond acceptors (Lipinski definition) is 2. The number of benzene rings is 1.